The first-order valence-electron chi connectivity index (χ1n) is 6.10. The van der Waals surface area contributed by atoms with Crippen LogP contribution in [-0.4, -0.2) is 16.9 Å². The van der Waals surface area contributed by atoms with Crippen LogP contribution < -0.4 is 11.1 Å². The van der Waals surface area contributed by atoms with E-state index in [0.29, 0.717) is 16.2 Å². The number of rotatable bonds is 3. The van der Waals surface area contributed by atoms with E-state index in [4.69, 9.17) is 17.3 Å². The smallest absolute Gasteiger partial charge is 0.241 e. The fraction of sp³-hybridized carbons (Fsp3) is 0.286. The van der Waals surface area contributed by atoms with E-state index in [0.717, 1.165) is 5.39 Å². The molecule has 2 aromatic rings. The summed E-state index contributed by atoms with van der Waals surface area (Å²) in [7, 11) is 0. The van der Waals surface area contributed by atoms with Crippen molar-refractivity contribution < 1.29 is 4.79 Å². The standard InChI is InChI=1S/C14H16ClN3O/c1-8(2)12(16)14(19)18-11-6-5-10(15)13-9(11)4-3-7-17-13/h3-8,12H,16H2,1-2H3,(H,18,19)/t12-/m1/s1. The minimum absolute atomic E-state index is 0.0803. The molecule has 3 N–H and O–H groups in total. The number of anilines is 1. The Morgan fingerprint density at radius 2 is 2.11 bits per heavy atom. The molecule has 2 rings (SSSR count). The van der Waals surface area contributed by atoms with Crippen LogP contribution in [0.1, 0.15) is 13.8 Å². The molecule has 1 heterocycles. The van der Waals surface area contributed by atoms with E-state index in [1.54, 1.807) is 24.4 Å². The van der Waals surface area contributed by atoms with Crippen LogP contribution in [0.15, 0.2) is 30.5 Å². The fourth-order valence-corrected chi connectivity index (χ4v) is 1.98. The van der Waals surface area contributed by atoms with Crippen LogP contribution in [0.3, 0.4) is 0 Å². The average molecular weight is 278 g/mol. The van der Waals surface area contributed by atoms with Crippen molar-refractivity contribution in [3.8, 4) is 0 Å². The van der Waals surface area contributed by atoms with E-state index >= 15 is 0 Å². The van der Waals surface area contributed by atoms with Crippen molar-refractivity contribution in [1.82, 2.24) is 4.98 Å². The summed E-state index contributed by atoms with van der Waals surface area (Å²) in [5.74, 6) is -0.126. The third-order valence-corrected chi connectivity index (χ3v) is 3.30. The quantitative estimate of drug-likeness (QED) is 0.906. The summed E-state index contributed by atoms with van der Waals surface area (Å²) in [6, 6.07) is 6.61. The van der Waals surface area contributed by atoms with Gasteiger partial charge in [0.05, 0.1) is 22.3 Å². The Morgan fingerprint density at radius 3 is 2.79 bits per heavy atom. The van der Waals surface area contributed by atoms with E-state index < -0.39 is 6.04 Å². The Hall–Kier alpha value is -1.65. The number of hydrogen-bond donors (Lipinski definition) is 2. The summed E-state index contributed by atoms with van der Waals surface area (Å²) < 4.78 is 0. The second-order valence-corrected chi connectivity index (χ2v) is 5.16. The maximum Gasteiger partial charge on any atom is 0.241 e. The van der Waals surface area contributed by atoms with E-state index in [1.165, 1.54) is 0 Å². The number of carbonyl (C=O) groups is 1. The summed E-state index contributed by atoms with van der Waals surface area (Å²) in [4.78, 5) is 16.2. The van der Waals surface area contributed by atoms with Crippen LogP contribution in [0.4, 0.5) is 5.69 Å². The molecule has 100 valence electrons. The molecule has 0 radical (unpaired) electrons. The molecule has 1 aromatic heterocycles. The summed E-state index contributed by atoms with van der Waals surface area (Å²) >= 11 is 6.08. The molecule has 5 heteroatoms. The molecule has 0 aliphatic rings. The maximum atomic E-state index is 12.0. The fourth-order valence-electron chi connectivity index (χ4n) is 1.77. The molecule has 0 saturated carbocycles. The van der Waals surface area contributed by atoms with Gasteiger partial charge >= 0.3 is 0 Å². The molecule has 0 fully saturated rings. The van der Waals surface area contributed by atoms with Crippen molar-refractivity contribution in [1.29, 1.82) is 0 Å². The lowest BCUT2D eigenvalue weighted by atomic mass is 10.0. The summed E-state index contributed by atoms with van der Waals surface area (Å²) in [6.07, 6.45) is 1.67. The Balaban J connectivity index is 2.36. The van der Waals surface area contributed by atoms with Crippen molar-refractivity contribution in [3.63, 3.8) is 0 Å². The first-order valence-corrected chi connectivity index (χ1v) is 6.48. The Bertz CT molecular complexity index is 613. The number of aromatic nitrogens is 1. The highest BCUT2D eigenvalue weighted by Gasteiger charge is 2.18. The van der Waals surface area contributed by atoms with E-state index in [-0.39, 0.29) is 11.8 Å². The molecule has 0 aliphatic carbocycles. The second kappa shape index (κ2) is 5.55. The first kappa shape index (κ1) is 13.8. The van der Waals surface area contributed by atoms with Crippen molar-refractivity contribution in [2.75, 3.05) is 5.32 Å². The normalized spacial score (nSPS) is 12.7. The second-order valence-electron chi connectivity index (χ2n) is 4.75. The van der Waals surface area contributed by atoms with Crippen molar-refractivity contribution >= 4 is 34.1 Å². The number of nitrogens with one attached hydrogen (secondary N) is 1. The minimum atomic E-state index is -0.539. The predicted octanol–water partition coefficient (Wildman–Crippen LogP) is 2.81. The van der Waals surface area contributed by atoms with Crippen LogP contribution in [0.2, 0.25) is 5.02 Å². The maximum absolute atomic E-state index is 12.0. The van der Waals surface area contributed by atoms with Crippen molar-refractivity contribution in [3.05, 3.63) is 35.5 Å². The zero-order valence-corrected chi connectivity index (χ0v) is 11.6. The van der Waals surface area contributed by atoms with Gasteiger partial charge in [0.15, 0.2) is 0 Å². The van der Waals surface area contributed by atoms with Gasteiger partial charge in [0, 0.05) is 11.6 Å². The predicted molar refractivity (Wildman–Crippen MR) is 78.2 cm³/mol. The van der Waals surface area contributed by atoms with Gasteiger partial charge in [-0.15, -0.1) is 0 Å². The Kier molecular flexibility index (Phi) is 4.02. The molecule has 0 aliphatic heterocycles. The SMILES string of the molecule is CC(C)[C@@H](N)C(=O)Nc1ccc(Cl)c2ncccc12. The van der Waals surface area contributed by atoms with Crippen LogP contribution in [0, 0.1) is 5.92 Å². The van der Waals surface area contributed by atoms with Crippen molar-refractivity contribution in [2.24, 2.45) is 11.7 Å². The third kappa shape index (κ3) is 2.85. The molecule has 1 atom stereocenters. The average Bonchev–Trinajstić information content (AvgIpc) is 2.41. The van der Waals surface area contributed by atoms with Crippen LogP contribution in [0.5, 0.6) is 0 Å². The summed E-state index contributed by atoms with van der Waals surface area (Å²) in [5.41, 5.74) is 7.17. The Labute approximate surface area is 117 Å². The molecule has 1 amide bonds. The molecule has 1 aromatic carbocycles. The lowest BCUT2D eigenvalue weighted by Gasteiger charge is -2.16. The largest absolute Gasteiger partial charge is 0.324 e. The summed E-state index contributed by atoms with van der Waals surface area (Å²) in [5, 5.41) is 4.19. The number of hydrogen-bond acceptors (Lipinski definition) is 3. The van der Waals surface area contributed by atoms with Crippen LogP contribution in [-0.2, 0) is 4.79 Å². The molecule has 19 heavy (non-hydrogen) atoms. The molecular formula is C14H16ClN3O. The highest BCUT2D eigenvalue weighted by molar-refractivity contribution is 6.35. The third-order valence-electron chi connectivity index (χ3n) is 3.00. The molecule has 0 saturated heterocycles. The monoisotopic (exact) mass is 277 g/mol. The number of benzene rings is 1. The lowest BCUT2D eigenvalue weighted by Crippen LogP contribution is -2.39. The summed E-state index contributed by atoms with van der Waals surface area (Å²) in [6.45, 7) is 3.82. The topological polar surface area (TPSA) is 68.0 Å². The number of fused-ring (bicyclic) bond motifs is 1. The zero-order valence-electron chi connectivity index (χ0n) is 10.9. The van der Waals surface area contributed by atoms with Gasteiger partial charge in [0.25, 0.3) is 0 Å². The molecule has 0 spiro atoms. The van der Waals surface area contributed by atoms with Gasteiger partial charge in [-0.05, 0) is 30.2 Å². The molecule has 4 nitrogen and oxygen atoms in total. The van der Waals surface area contributed by atoms with Crippen LogP contribution in [0.25, 0.3) is 10.9 Å². The van der Waals surface area contributed by atoms with Gasteiger partial charge in [-0.1, -0.05) is 25.4 Å². The number of carbonyl (C=O) groups excluding carboxylic acids is 1. The number of nitrogens with two attached hydrogens (primary N) is 1. The van der Waals surface area contributed by atoms with Crippen molar-refractivity contribution in [2.45, 2.75) is 19.9 Å². The lowest BCUT2D eigenvalue weighted by molar-refractivity contribution is -0.118. The van der Waals surface area contributed by atoms with Gasteiger partial charge in [0.1, 0.15) is 0 Å². The van der Waals surface area contributed by atoms with E-state index in [1.807, 2.05) is 19.9 Å². The molecule has 0 unspecified atom stereocenters. The minimum Gasteiger partial charge on any atom is -0.324 e. The number of pyridine rings is 1. The molecular weight excluding hydrogens is 262 g/mol. The number of halogens is 1. The number of nitrogens with zero attached hydrogens (tertiary/aromatic N) is 1. The number of amides is 1. The van der Waals surface area contributed by atoms with Gasteiger partial charge in [-0.25, -0.2) is 0 Å². The highest BCUT2D eigenvalue weighted by Crippen LogP contribution is 2.28. The Morgan fingerprint density at radius 1 is 1.37 bits per heavy atom. The molecule has 0 bridgehead atoms. The van der Waals surface area contributed by atoms with Gasteiger partial charge in [0.2, 0.25) is 5.91 Å². The zero-order chi connectivity index (χ0) is 14.0. The van der Waals surface area contributed by atoms with Gasteiger partial charge in [-0.3, -0.25) is 9.78 Å². The first-order chi connectivity index (χ1) is 9.00. The van der Waals surface area contributed by atoms with E-state index in [2.05, 4.69) is 10.3 Å². The van der Waals surface area contributed by atoms with Crippen LogP contribution >= 0.6 is 11.6 Å². The van der Waals surface area contributed by atoms with E-state index in [9.17, 15) is 4.79 Å². The van der Waals surface area contributed by atoms with Gasteiger partial charge in [-0.2, -0.15) is 0 Å². The highest BCUT2D eigenvalue weighted by atomic mass is 35.5. The van der Waals surface area contributed by atoms with Gasteiger partial charge < -0.3 is 11.1 Å².